The number of Topliss-reactive ketones (excluding diaryl/α,β-unsaturated/α-hetero) is 1. The molecular formula is C33H64O5. The second-order valence-electron chi connectivity index (χ2n) is 11.4. The van der Waals surface area contributed by atoms with E-state index in [-0.39, 0.29) is 0 Å². The minimum Gasteiger partial charge on any atom is -0.465 e. The van der Waals surface area contributed by atoms with Gasteiger partial charge in [0.1, 0.15) is 12.0 Å². The van der Waals surface area contributed by atoms with Gasteiger partial charge in [0.2, 0.25) is 0 Å². The van der Waals surface area contributed by atoms with Crippen LogP contribution < -0.4 is 0 Å². The summed E-state index contributed by atoms with van der Waals surface area (Å²) in [5, 5.41) is 18.9. The van der Waals surface area contributed by atoms with Gasteiger partial charge in [-0.15, -0.1) is 0 Å². The molecular weight excluding hydrogens is 476 g/mol. The highest BCUT2D eigenvalue weighted by molar-refractivity contribution is 6.01. The number of carbonyl (C=O) groups is 2. The summed E-state index contributed by atoms with van der Waals surface area (Å²) in [6, 6.07) is 0. The summed E-state index contributed by atoms with van der Waals surface area (Å²) in [7, 11) is 0. The number of esters is 1. The number of carbonyl (C=O) groups excluding carboxylic acids is 2. The lowest BCUT2D eigenvalue weighted by Gasteiger charge is -2.17. The van der Waals surface area contributed by atoms with E-state index in [0.717, 1.165) is 38.5 Å². The minimum atomic E-state index is -1.50. The number of unbranched alkanes of at least 4 members (excludes halogenated alkanes) is 22. The number of aliphatic hydroxyl groups is 2. The maximum absolute atomic E-state index is 12.5. The Bertz CT molecular complexity index is 522. The first kappa shape index (κ1) is 37.1. The van der Waals surface area contributed by atoms with Crippen molar-refractivity contribution >= 4 is 11.8 Å². The van der Waals surface area contributed by atoms with E-state index in [1.54, 1.807) is 0 Å². The van der Waals surface area contributed by atoms with Crippen LogP contribution in [-0.2, 0) is 14.3 Å². The molecule has 38 heavy (non-hydrogen) atoms. The summed E-state index contributed by atoms with van der Waals surface area (Å²) in [5.41, 5.74) is 0. The van der Waals surface area contributed by atoms with Crippen LogP contribution in [0.25, 0.3) is 0 Å². The molecule has 0 radical (unpaired) electrons. The molecule has 0 aromatic heterocycles. The molecule has 226 valence electrons. The number of hydrogen-bond acceptors (Lipinski definition) is 5. The third kappa shape index (κ3) is 23.0. The Kier molecular flexibility index (Phi) is 28.3. The van der Waals surface area contributed by atoms with Gasteiger partial charge in [0.25, 0.3) is 0 Å². The minimum absolute atomic E-state index is 0.323. The van der Waals surface area contributed by atoms with Crippen molar-refractivity contribution in [3.8, 4) is 0 Å². The van der Waals surface area contributed by atoms with Gasteiger partial charge in [-0.1, -0.05) is 162 Å². The molecule has 0 aromatic carbocycles. The van der Waals surface area contributed by atoms with Crippen molar-refractivity contribution in [3.63, 3.8) is 0 Å². The third-order valence-electron chi connectivity index (χ3n) is 7.72. The van der Waals surface area contributed by atoms with Crippen LogP contribution in [0.2, 0.25) is 0 Å². The Morgan fingerprint density at radius 2 is 0.895 bits per heavy atom. The van der Waals surface area contributed by atoms with E-state index in [0.29, 0.717) is 13.0 Å². The average Bonchev–Trinajstić information content (AvgIpc) is 2.93. The van der Waals surface area contributed by atoms with Gasteiger partial charge in [0.15, 0.2) is 5.78 Å². The molecule has 5 heteroatoms. The lowest BCUT2D eigenvalue weighted by atomic mass is 9.93. The van der Waals surface area contributed by atoms with Crippen LogP contribution in [0.15, 0.2) is 0 Å². The standard InChI is InChI=1S/C33H64O5/c1-3-5-7-9-11-12-13-14-15-16-17-18-19-20-21-22-23-25-27-30(32(36)31(35)29-34)33(37)38-28-26-24-10-8-6-4-2/h30-31,34-35H,3-29H2,1-2H3. The van der Waals surface area contributed by atoms with E-state index in [2.05, 4.69) is 13.8 Å². The average molecular weight is 541 g/mol. The Hall–Kier alpha value is -0.940. The van der Waals surface area contributed by atoms with Crippen molar-refractivity contribution in [2.45, 2.75) is 180 Å². The zero-order chi connectivity index (χ0) is 28.1. The van der Waals surface area contributed by atoms with Crippen molar-refractivity contribution in [1.82, 2.24) is 0 Å². The number of ether oxygens (including phenoxy) is 1. The van der Waals surface area contributed by atoms with Gasteiger partial charge < -0.3 is 14.9 Å². The largest absolute Gasteiger partial charge is 0.465 e. The molecule has 0 fully saturated rings. The Morgan fingerprint density at radius 1 is 0.553 bits per heavy atom. The molecule has 2 unspecified atom stereocenters. The van der Waals surface area contributed by atoms with Crippen LogP contribution in [0.1, 0.15) is 174 Å². The number of aliphatic hydroxyl groups excluding tert-OH is 2. The number of rotatable bonds is 30. The lowest BCUT2D eigenvalue weighted by Crippen LogP contribution is -2.36. The van der Waals surface area contributed by atoms with Crippen LogP contribution in [0.5, 0.6) is 0 Å². The first-order valence-corrected chi connectivity index (χ1v) is 16.6. The maximum Gasteiger partial charge on any atom is 0.316 e. The van der Waals surface area contributed by atoms with Gasteiger partial charge in [-0.25, -0.2) is 0 Å². The first-order chi connectivity index (χ1) is 18.6. The molecule has 0 bridgehead atoms. The smallest absolute Gasteiger partial charge is 0.316 e. The van der Waals surface area contributed by atoms with Crippen LogP contribution >= 0.6 is 0 Å². The fourth-order valence-electron chi connectivity index (χ4n) is 5.10. The second-order valence-corrected chi connectivity index (χ2v) is 11.4. The third-order valence-corrected chi connectivity index (χ3v) is 7.72. The van der Waals surface area contributed by atoms with Crippen LogP contribution in [0.4, 0.5) is 0 Å². The van der Waals surface area contributed by atoms with Crippen LogP contribution in [0.3, 0.4) is 0 Å². The van der Waals surface area contributed by atoms with Gasteiger partial charge in [0.05, 0.1) is 13.2 Å². The number of hydrogen-bond donors (Lipinski definition) is 2. The summed E-state index contributed by atoms with van der Waals surface area (Å²) in [5.74, 6) is -2.10. The van der Waals surface area contributed by atoms with Crippen LogP contribution in [-0.4, -0.2) is 41.3 Å². The monoisotopic (exact) mass is 540 g/mol. The normalized spacial score (nSPS) is 12.9. The second kappa shape index (κ2) is 29.1. The van der Waals surface area contributed by atoms with E-state index in [1.807, 2.05) is 0 Å². The van der Waals surface area contributed by atoms with Gasteiger partial charge >= 0.3 is 5.97 Å². The molecule has 2 N–H and O–H groups in total. The van der Waals surface area contributed by atoms with Gasteiger partial charge in [-0.05, 0) is 12.8 Å². The molecule has 0 aliphatic carbocycles. The molecule has 0 rings (SSSR count). The zero-order valence-electron chi connectivity index (χ0n) is 25.4. The topological polar surface area (TPSA) is 83.8 Å². The molecule has 0 aliphatic heterocycles. The molecule has 0 aromatic rings. The predicted molar refractivity (Wildman–Crippen MR) is 159 cm³/mol. The van der Waals surface area contributed by atoms with E-state index >= 15 is 0 Å². The van der Waals surface area contributed by atoms with Gasteiger partial charge in [-0.2, -0.15) is 0 Å². The van der Waals surface area contributed by atoms with Crippen molar-refractivity contribution < 1.29 is 24.5 Å². The SMILES string of the molecule is CCCCCCCCCCCCCCCCCCCCC(C(=O)OCCCCCCCC)C(=O)C(O)CO. The van der Waals surface area contributed by atoms with Crippen molar-refractivity contribution in [3.05, 3.63) is 0 Å². The van der Waals surface area contributed by atoms with Crippen LogP contribution in [0, 0.1) is 5.92 Å². The summed E-state index contributed by atoms with van der Waals surface area (Å²) < 4.78 is 5.36. The van der Waals surface area contributed by atoms with Crippen molar-refractivity contribution in [1.29, 1.82) is 0 Å². The summed E-state index contributed by atoms with van der Waals surface area (Å²) in [4.78, 5) is 24.9. The molecule has 2 atom stereocenters. The Morgan fingerprint density at radius 3 is 1.26 bits per heavy atom. The predicted octanol–water partition coefficient (Wildman–Crippen LogP) is 8.86. The Labute approximate surface area is 235 Å². The highest BCUT2D eigenvalue weighted by Gasteiger charge is 2.31. The molecule has 0 amide bonds. The number of ketones is 1. The summed E-state index contributed by atoms with van der Waals surface area (Å²) in [6.45, 7) is 4.12. The fraction of sp³-hybridized carbons (Fsp3) is 0.939. The molecule has 0 heterocycles. The maximum atomic E-state index is 12.5. The quantitative estimate of drug-likeness (QED) is 0.0540. The zero-order valence-corrected chi connectivity index (χ0v) is 25.4. The van der Waals surface area contributed by atoms with E-state index < -0.39 is 30.4 Å². The Balaban J connectivity index is 3.80. The van der Waals surface area contributed by atoms with E-state index in [1.165, 1.54) is 116 Å². The molecule has 0 saturated heterocycles. The lowest BCUT2D eigenvalue weighted by molar-refractivity contribution is -0.155. The molecule has 0 saturated carbocycles. The summed E-state index contributed by atoms with van der Waals surface area (Å²) >= 11 is 0. The van der Waals surface area contributed by atoms with E-state index in [4.69, 9.17) is 9.84 Å². The fourth-order valence-corrected chi connectivity index (χ4v) is 5.10. The van der Waals surface area contributed by atoms with Crippen molar-refractivity contribution in [2.75, 3.05) is 13.2 Å². The highest BCUT2D eigenvalue weighted by Crippen LogP contribution is 2.18. The molecule has 0 spiro atoms. The van der Waals surface area contributed by atoms with Gasteiger partial charge in [-0.3, -0.25) is 9.59 Å². The van der Waals surface area contributed by atoms with E-state index in [9.17, 15) is 14.7 Å². The van der Waals surface area contributed by atoms with Crippen molar-refractivity contribution in [2.24, 2.45) is 5.92 Å². The summed E-state index contributed by atoms with van der Waals surface area (Å²) in [6.07, 6.45) is 28.7. The molecule has 0 aliphatic rings. The molecule has 5 nitrogen and oxygen atoms in total. The van der Waals surface area contributed by atoms with Gasteiger partial charge in [0, 0.05) is 0 Å². The highest BCUT2D eigenvalue weighted by atomic mass is 16.5. The first-order valence-electron chi connectivity index (χ1n) is 16.6.